The van der Waals surface area contributed by atoms with Crippen molar-refractivity contribution in [2.45, 2.75) is 82.1 Å². The minimum Gasteiger partial charge on any atom is -0.456 e. The molecule has 4 aliphatic rings. The number of allylic oxidation sites excluding steroid dienone is 10. The number of anilines is 1. The van der Waals surface area contributed by atoms with Gasteiger partial charge in [0.25, 0.3) is 32.1 Å². The van der Waals surface area contributed by atoms with E-state index < -0.39 is 49.2 Å². The molecule has 2 amide bonds. The molecule has 358 valence electrons. The van der Waals surface area contributed by atoms with Crippen molar-refractivity contribution in [2.75, 3.05) is 37.5 Å². The Hall–Kier alpha value is -6.24. The number of fused-ring (bicyclic) bond motifs is 3. The molecule has 7 rings (SSSR count). The van der Waals surface area contributed by atoms with E-state index in [4.69, 9.17) is 14.3 Å². The third-order valence-corrected chi connectivity index (χ3v) is 14.2. The molecule has 4 aliphatic heterocycles. The highest BCUT2D eigenvalue weighted by molar-refractivity contribution is 7.86. The second kappa shape index (κ2) is 20.2. The van der Waals surface area contributed by atoms with Gasteiger partial charge < -0.3 is 19.2 Å². The highest BCUT2D eigenvalue weighted by Crippen LogP contribution is 2.47. The lowest BCUT2D eigenvalue weighted by molar-refractivity contribution is -0.437. The third-order valence-electron chi connectivity index (χ3n) is 12.5. The molecule has 0 saturated carbocycles. The number of hydroxylamine groups is 2. The van der Waals surface area contributed by atoms with E-state index in [1.54, 1.807) is 19.3 Å². The van der Waals surface area contributed by atoms with Gasteiger partial charge in [-0.15, -0.1) is 5.06 Å². The number of carbonyl (C=O) groups excluding carboxylic acids is 3. The van der Waals surface area contributed by atoms with Crippen LogP contribution >= 0.6 is 0 Å². The van der Waals surface area contributed by atoms with Gasteiger partial charge in [0.15, 0.2) is 5.71 Å². The minimum atomic E-state index is -4.64. The second-order valence-corrected chi connectivity index (χ2v) is 20.8. The highest BCUT2D eigenvalue weighted by Gasteiger charge is 2.48. The van der Waals surface area contributed by atoms with Crippen LogP contribution < -0.4 is 9.64 Å². The van der Waals surface area contributed by atoms with Gasteiger partial charge in [0, 0.05) is 85.5 Å². The number of amides is 2. The van der Waals surface area contributed by atoms with Gasteiger partial charge in [-0.3, -0.25) is 18.7 Å². The van der Waals surface area contributed by atoms with E-state index in [1.807, 2.05) is 78.3 Å². The second-order valence-electron chi connectivity index (χ2n) is 17.8. The molecule has 4 heterocycles. The number of hydrogen-bond acceptors (Lipinski definition) is 11. The van der Waals surface area contributed by atoms with Crippen molar-refractivity contribution in [3.05, 3.63) is 138 Å². The van der Waals surface area contributed by atoms with Gasteiger partial charge in [-0.25, -0.2) is 4.79 Å². The fraction of sp³-hybridized carbons (Fsp3) is 0.333. The zero-order valence-electron chi connectivity index (χ0n) is 38.7. The van der Waals surface area contributed by atoms with Crippen molar-refractivity contribution in [3.63, 3.8) is 0 Å². The van der Waals surface area contributed by atoms with Crippen molar-refractivity contribution in [1.29, 1.82) is 0 Å². The van der Waals surface area contributed by atoms with Gasteiger partial charge in [0.05, 0.1) is 28.2 Å². The van der Waals surface area contributed by atoms with Gasteiger partial charge in [0.2, 0.25) is 5.69 Å². The number of imide groups is 1. The molecular weight excluding hydrogens is 911 g/mol. The molecule has 0 radical (unpaired) electrons. The molecule has 0 aromatic heterocycles. The first kappa shape index (κ1) is 49.7. The molecule has 3 aromatic rings. The zero-order valence-corrected chi connectivity index (χ0v) is 40.3. The smallest absolute Gasteiger partial charge is 0.333 e. The van der Waals surface area contributed by atoms with Crippen LogP contribution in [-0.4, -0.2) is 97.2 Å². The fourth-order valence-electron chi connectivity index (χ4n) is 9.25. The molecule has 1 fully saturated rings. The van der Waals surface area contributed by atoms with Crippen LogP contribution in [0.5, 0.6) is 5.75 Å². The van der Waals surface area contributed by atoms with Crippen LogP contribution in [0.25, 0.3) is 16.9 Å². The van der Waals surface area contributed by atoms with Gasteiger partial charge in [-0.05, 0) is 76.0 Å². The molecule has 0 aliphatic carbocycles. The Morgan fingerprint density at radius 1 is 0.897 bits per heavy atom. The van der Waals surface area contributed by atoms with Crippen molar-refractivity contribution >= 4 is 72.0 Å². The summed E-state index contributed by atoms with van der Waals surface area (Å²) in [5, 5.41) is 0.479. The molecule has 15 nitrogen and oxygen atoms in total. The Labute approximate surface area is 397 Å². The van der Waals surface area contributed by atoms with E-state index in [1.165, 1.54) is 18.2 Å². The Bertz CT molecular complexity index is 2950. The summed E-state index contributed by atoms with van der Waals surface area (Å²) in [4.78, 5) is 44.0. The largest absolute Gasteiger partial charge is 0.456 e. The number of benzene rings is 3. The van der Waals surface area contributed by atoms with E-state index in [9.17, 15) is 40.3 Å². The van der Waals surface area contributed by atoms with E-state index >= 15 is 0 Å². The lowest BCUT2D eigenvalue weighted by atomic mass is 9.75. The summed E-state index contributed by atoms with van der Waals surface area (Å²) in [6.07, 6.45) is 17.4. The monoisotopic (exact) mass is 966 g/mol. The summed E-state index contributed by atoms with van der Waals surface area (Å²) < 4.78 is 81.7. The fourth-order valence-corrected chi connectivity index (χ4v) is 10.2. The van der Waals surface area contributed by atoms with Crippen molar-refractivity contribution in [1.82, 2.24) is 5.06 Å². The third kappa shape index (κ3) is 11.0. The van der Waals surface area contributed by atoms with Crippen molar-refractivity contribution < 1.29 is 59.2 Å². The number of carbonyl (C=O) groups is 3. The molecule has 2 N–H and O–H groups in total. The topological polar surface area (TPSA) is 197 Å². The molecule has 17 heteroatoms. The maximum Gasteiger partial charge on any atom is 0.333 e. The van der Waals surface area contributed by atoms with Crippen LogP contribution in [0.3, 0.4) is 0 Å². The maximum absolute atomic E-state index is 12.8. The van der Waals surface area contributed by atoms with E-state index in [0.717, 1.165) is 39.3 Å². The summed E-state index contributed by atoms with van der Waals surface area (Å²) in [5.74, 6) is -1.11. The number of methoxy groups -OCH3 is 1. The molecule has 68 heavy (non-hydrogen) atoms. The van der Waals surface area contributed by atoms with Crippen LogP contribution in [0, 0.1) is 0 Å². The molecular formula is C51H56N3O12S2+. The Morgan fingerprint density at radius 3 is 2.29 bits per heavy atom. The maximum atomic E-state index is 12.8. The molecule has 1 atom stereocenters. The number of rotatable bonds is 18. The summed E-state index contributed by atoms with van der Waals surface area (Å²) in [5.41, 5.74) is 6.53. The normalized spacial score (nSPS) is 19.8. The lowest BCUT2D eigenvalue weighted by Gasteiger charge is -2.43. The summed E-state index contributed by atoms with van der Waals surface area (Å²) in [7, 11) is -7.24. The average molecular weight is 967 g/mol. The molecule has 3 aromatic carbocycles. The summed E-state index contributed by atoms with van der Waals surface area (Å²) >= 11 is 0. The van der Waals surface area contributed by atoms with Gasteiger partial charge in [-0.1, -0.05) is 72.9 Å². The highest BCUT2D eigenvalue weighted by atomic mass is 32.2. The number of ether oxygens (including phenoxy) is 2. The van der Waals surface area contributed by atoms with Crippen molar-refractivity contribution in [2.24, 2.45) is 0 Å². The Morgan fingerprint density at radius 2 is 1.60 bits per heavy atom. The minimum absolute atomic E-state index is 0.0144. The standard InChI is InChI=1S/C51H55N3O12S2/c1-35-34-50(2,3)53(27-28-64-5)43-33-45-40(32-39(35)43)37(30-44(65-45)36-16-11-9-12-17-36)18-10-7-6-8-13-19-46-51(4,25-14-20-49(57)66-54-47(55)23-24-48(54)56)41-31-38(68(61,62)63)21-22-42(41)52(46)26-15-29-67(58,59)60/h6-13,16-19,21-22,30-34H,14-15,20,23-29H2,1-5H3,(H-,58,59,60,61,62,63)/p+1. The van der Waals surface area contributed by atoms with E-state index in [-0.39, 0.29) is 55.5 Å². The Balaban J connectivity index is 1.19. The van der Waals surface area contributed by atoms with Crippen LogP contribution in [0.2, 0.25) is 0 Å². The lowest BCUT2D eigenvalue weighted by Crippen LogP contribution is -2.46. The van der Waals surface area contributed by atoms with E-state index in [0.29, 0.717) is 40.9 Å². The van der Waals surface area contributed by atoms with Crippen LogP contribution in [-0.2, 0) is 49.6 Å². The molecule has 1 unspecified atom stereocenters. The molecule has 1 saturated heterocycles. The average Bonchev–Trinajstić information content (AvgIpc) is 3.71. The first-order valence-corrected chi connectivity index (χ1v) is 25.4. The van der Waals surface area contributed by atoms with Crippen molar-refractivity contribution in [3.8, 4) is 5.75 Å². The predicted octanol–water partition coefficient (Wildman–Crippen LogP) is 8.18. The van der Waals surface area contributed by atoms with Gasteiger partial charge in [-0.2, -0.15) is 21.4 Å². The molecule has 0 bridgehead atoms. The SMILES string of the molecule is COCCN1c2cc3c(cc2C(C)=CC1(C)C)/C(=C/C=C/C=C/C=C/C1=[N+](CCCS(=O)(=O)O)c2ccc(S(=O)(=O)O)cc2C1(C)CCCC(=O)ON1C(=O)CCC1=O)C=C(c1ccccc1)O3. The first-order chi connectivity index (χ1) is 32.2. The van der Waals surface area contributed by atoms with Crippen LogP contribution in [0.15, 0.2) is 120 Å². The zero-order chi connectivity index (χ0) is 49.0. The van der Waals surface area contributed by atoms with Crippen LogP contribution in [0.1, 0.15) is 88.5 Å². The first-order valence-electron chi connectivity index (χ1n) is 22.3. The van der Waals surface area contributed by atoms with Gasteiger partial charge in [0.1, 0.15) is 18.1 Å². The Kier molecular flexibility index (Phi) is 14.7. The number of nitrogens with zero attached hydrogens (tertiary/aromatic N) is 3. The van der Waals surface area contributed by atoms with Crippen LogP contribution in [0.4, 0.5) is 11.4 Å². The summed E-state index contributed by atoms with van der Waals surface area (Å²) in [6, 6.07) is 18.3. The predicted molar refractivity (Wildman–Crippen MR) is 259 cm³/mol. The molecule has 0 spiro atoms. The summed E-state index contributed by atoms with van der Waals surface area (Å²) in [6.45, 7) is 9.71. The van der Waals surface area contributed by atoms with Gasteiger partial charge >= 0.3 is 5.97 Å². The number of hydrogen-bond donors (Lipinski definition) is 2. The quantitative estimate of drug-likeness (QED) is 0.0536. The van der Waals surface area contributed by atoms with E-state index in [2.05, 4.69) is 43.9 Å².